The summed E-state index contributed by atoms with van der Waals surface area (Å²) >= 11 is 0. The van der Waals surface area contributed by atoms with Gasteiger partial charge in [-0.1, -0.05) is 13.8 Å². The smallest absolute Gasteiger partial charge is 0.231 e. The Morgan fingerprint density at radius 3 is 2.62 bits per heavy atom. The fourth-order valence-electron chi connectivity index (χ4n) is 2.30. The van der Waals surface area contributed by atoms with E-state index in [-0.39, 0.29) is 11.4 Å². The van der Waals surface area contributed by atoms with Gasteiger partial charge < -0.3 is 20.7 Å². The second-order valence-corrected chi connectivity index (χ2v) is 6.27. The van der Waals surface area contributed by atoms with Crippen LogP contribution in [-0.4, -0.2) is 48.3 Å². The average molecular weight is 294 g/mol. The van der Waals surface area contributed by atoms with Gasteiger partial charge in [-0.2, -0.15) is 15.0 Å². The number of nitrogens with two attached hydrogens (primary N) is 1. The zero-order valence-electron chi connectivity index (χ0n) is 13.2. The normalized spacial score (nSPS) is 15.5. The van der Waals surface area contributed by atoms with Gasteiger partial charge in [0.25, 0.3) is 0 Å². The first-order chi connectivity index (χ1) is 10.00. The third kappa shape index (κ3) is 4.70. The van der Waals surface area contributed by atoms with Gasteiger partial charge in [0, 0.05) is 33.4 Å². The van der Waals surface area contributed by atoms with E-state index in [1.54, 1.807) is 7.11 Å². The van der Waals surface area contributed by atoms with Gasteiger partial charge in [0.1, 0.15) is 0 Å². The number of aromatic nitrogens is 3. The Balaban J connectivity index is 1.99. The van der Waals surface area contributed by atoms with Crippen molar-refractivity contribution in [1.82, 2.24) is 15.0 Å². The summed E-state index contributed by atoms with van der Waals surface area (Å²) in [5.74, 6) is 1.50. The van der Waals surface area contributed by atoms with Crippen LogP contribution in [0, 0.1) is 5.41 Å². The molecule has 1 aliphatic heterocycles. The molecule has 0 unspecified atom stereocenters. The molecule has 0 radical (unpaired) electrons. The van der Waals surface area contributed by atoms with E-state index in [1.807, 2.05) is 0 Å². The highest BCUT2D eigenvalue weighted by Gasteiger charge is 2.20. The molecule has 0 atom stereocenters. The number of hydrogen-bond acceptors (Lipinski definition) is 7. The fourth-order valence-corrected chi connectivity index (χ4v) is 2.30. The predicted molar refractivity (Wildman–Crippen MR) is 84.5 cm³/mol. The third-order valence-corrected chi connectivity index (χ3v) is 3.74. The fraction of sp³-hybridized carbons (Fsp3) is 0.786. The van der Waals surface area contributed by atoms with Crippen molar-refractivity contribution in [2.45, 2.75) is 33.1 Å². The van der Waals surface area contributed by atoms with Crippen LogP contribution in [0.5, 0.6) is 0 Å². The lowest BCUT2D eigenvalue weighted by Crippen LogP contribution is -2.27. The zero-order chi connectivity index (χ0) is 15.3. The summed E-state index contributed by atoms with van der Waals surface area (Å²) in [4.78, 5) is 15.0. The van der Waals surface area contributed by atoms with Crippen molar-refractivity contribution in [2.24, 2.45) is 5.41 Å². The quantitative estimate of drug-likeness (QED) is 0.788. The lowest BCUT2D eigenvalue weighted by molar-refractivity contribution is 0.157. The molecule has 0 saturated carbocycles. The first-order valence-corrected chi connectivity index (χ1v) is 7.49. The summed E-state index contributed by atoms with van der Waals surface area (Å²) in [7, 11) is 1.72. The van der Waals surface area contributed by atoms with E-state index in [1.165, 1.54) is 12.8 Å². The molecule has 7 heteroatoms. The third-order valence-electron chi connectivity index (χ3n) is 3.74. The highest BCUT2D eigenvalue weighted by Crippen LogP contribution is 2.22. The van der Waals surface area contributed by atoms with Crippen molar-refractivity contribution in [2.75, 3.05) is 49.3 Å². The molecule has 2 rings (SSSR count). The average Bonchev–Trinajstić information content (AvgIpc) is 2.97. The summed E-state index contributed by atoms with van der Waals surface area (Å²) in [5.41, 5.74) is 5.90. The Labute approximate surface area is 126 Å². The van der Waals surface area contributed by atoms with Crippen molar-refractivity contribution in [1.29, 1.82) is 0 Å². The summed E-state index contributed by atoms with van der Waals surface area (Å²) < 4.78 is 5.14. The SMILES string of the molecule is COCCC(C)(C)CNc1nc(N)nc(N2CCCC2)n1. The maximum Gasteiger partial charge on any atom is 0.231 e. The standard InChI is InChI=1S/C14H26N6O/c1-14(2,6-9-21-3)10-16-12-17-11(15)18-13(19-12)20-7-4-5-8-20/h4-10H2,1-3H3,(H3,15,16,17,18,19). The molecule has 118 valence electrons. The molecule has 3 N–H and O–H groups in total. The van der Waals surface area contributed by atoms with Gasteiger partial charge >= 0.3 is 0 Å². The minimum Gasteiger partial charge on any atom is -0.385 e. The number of methoxy groups -OCH3 is 1. The summed E-state index contributed by atoms with van der Waals surface area (Å²) in [6, 6.07) is 0. The Morgan fingerprint density at radius 2 is 1.95 bits per heavy atom. The topological polar surface area (TPSA) is 89.2 Å². The van der Waals surface area contributed by atoms with Crippen LogP contribution in [0.25, 0.3) is 0 Å². The van der Waals surface area contributed by atoms with Crippen LogP contribution in [-0.2, 0) is 4.74 Å². The van der Waals surface area contributed by atoms with Crippen LogP contribution in [0.3, 0.4) is 0 Å². The molecule has 1 aromatic heterocycles. The van der Waals surface area contributed by atoms with E-state index in [9.17, 15) is 0 Å². The molecule has 1 fully saturated rings. The second kappa shape index (κ2) is 6.89. The highest BCUT2D eigenvalue weighted by molar-refractivity contribution is 5.42. The summed E-state index contributed by atoms with van der Waals surface area (Å²) in [5, 5.41) is 3.27. The second-order valence-electron chi connectivity index (χ2n) is 6.27. The first kappa shape index (κ1) is 15.8. The van der Waals surface area contributed by atoms with E-state index >= 15 is 0 Å². The molecule has 7 nitrogen and oxygen atoms in total. The van der Waals surface area contributed by atoms with Crippen LogP contribution in [0.4, 0.5) is 17.8 Å². The Morgan fingerprint density at radius 1 is 1.24 bits per heavy atom. The number of hydrogen-bond donors (Lipinski definition) is 2. The first-order valence-electron chi connectivity index (χ1n) is 7.49. The molecule has 0 bridgehead atoms. The number of rotatable bonds is 7. The van der Waals surface area contributed by atoms with Crippen LogP contribution >= 0.6 is 0 Å². The number of nitrogen functional groups attached to an aromatic ring is 1. The van der Waals surface area contributed by atoms with E-state index in [4.69, 9.17) is 10.5 Å². The largest absolute Gasteiger partial charge is 0.385 e. The zero-order valence-corrected chi connectivity index (χ0v) is 13.2. The minimum absolute atomic E-state index is 0.102. The molecule has 0 aliphatic carbocycles. The molecule has 1 aliphatic rings. The molecule has 21 heavy (non-hydrogen) atoms. The number of ether oxygens (including phenoxy) is 1. The van der Waals surface area contributed by atoms with Crippen molar-refractivity contribution >= 4 is 17.8 Å². The Bertz CT molecular complexity index is 459. The van der Waals surface area contributed by atoms with Crippen molar-refractivity contribution in [3.8, 4) is 0 Å². The van der Waals surface area contributed by atoms with Gasteiger partial charge in [-0.05, 0) is 24.7 Å². The number of anilines is 3. The van der Waals surface area contributed by atoms with Crippen LogP contribution in [0.15, 0.2) is 0 Å². The van der Waals surface area contributed by atoms with Crippen LogP contribution in [0.2, 0.25) is 0 Å². The lowest BCUT2D eigenvalue weighted by Gasteiger charge is -2.24. The summed E-state index contributed by atoms with van der Waals surface area (Å²) in [6.07, 6.45) is 3.33. The maximum atomic E-state index is 5.80. The van der Waals surface area contributed by atoms with Crippen molar-refractivity contribution in [3.63, 3.8) is 0 Å². The highest BCUT2D eigenvalue weighted by atomic mass is 16.5. The van der Waals surface area contributed by atoms with Crippen LogP contribution in [0.1, 0.15) is 33.1 Å². The lowest BCUT2D eigenvalue weighted by atomic mass is 9.90. The Hall–Kier alpha value is -1.63. The monoisotopic (exact) mass is 294 g/mol. The molecule has 0 amide bonds. The van der Waals surface area contributed by atoms with Crippen molar-refractivity contribution < 1.29 is 4.74 Å². The van der Waals surface area contributed by atoms with Gasteiger partial charge in [-0.15, -0.1) is 0 Å². The van der Waals surface area contributed by atoms with Crippen LogP contribution < -0.4 is 16.0 Å². The van der Waals surface area contributed by atoms with Crippen molar-refractivity contribution in [3.05, 3.63) is 0 Å². The number of nitrogens with zero attached hydrogens (tertiary/aromatic N) is 4. The molecular weight excluding hydrogens is 268 g/mol. The Kier molecular flexibility index (Phi) is 5.17. The molecule has 2 heterocycles. The van der Waals surface area contributed by atoms with Gasteiger partial charge in [0.15, 0.2) is 0 Å². The minimum atomic E-state index is 0.102. The van der Waals surface area contributed by atoms with Gasteiger partial charge in [-0.25, -0.2) is 0 Å². The molecule has 0 spiro atoms. The van der Waals surface area contributed by atoms with Gasteiger partial charge in [0.05, 0.1) is 0 Å². The van der Waals surface area contributed by atoms with Gasteiger partial charge in [-0.3, -0.25) is 0 Å². The number of nitrogens with one attached hydrogen (secondary N) is 1. The van der Waals surface area contributed by atoms with E-state index in [2.05, 4.69) is 39.0 Å². The molecule has 1 aromatic rings. The van der Waals surface area contributed by atoms with E-state index in [0.717, 1.165) is 32.7 Å². The van der Waals surface area contributed by atoms with E-state index < -0.39 is 0 Å². The van der Waals surface area contributed by atoms with E-state index in [0.29, 0.717) is 11.9 Å². The van der Waals surface area contributed by atoms with Gasteiger partial charge in [0.2, 0.25) is 17.8 Å². The predicted octanol–water partition coefficient (Wildman–Crippen LogP) is 1.53. The maximum absolute atomic E-state index is 5.80. The molecule has 1 saturated heterocycles. The summed E-state index contributed by atoms with van der Waals surface area (Å²) in [6.45, 7) is 7.85. The molecule has 0 aromatic carbocycles. The molecular formula is C14H26N6O.